The van der Waals surface area contributed by atoms with Crippen LogP contribution in [0.25, 0.3) is 0 Å². The number of aliphatic imine (C=N–C) groups is 1. The van der Waals surface area contributed by atoms with Crippen LogP contribution in [-0.2, 0) is 0 Å². The molecule has 2 bridgehead atoms. The first-order valence-electron chi connectivity index (χ1n) is 5.30. The second-order valence-corrected chi connectivity index (χ2v) is 4.77. The number of nitrogens with zero attached hydrogens (tertiary/aromatic N) is 1. The first-order chi connectivity index (χ1) is 6.36. The van der Waals surface area contributed by atoms with Crippen molar-refractivity contribution in [1.29, 1.82) is 0 Å². The standard InChI is InChI=1S/C10H17N3/c1-12-10(13-11)9-7-5-2-3-6(4-5)8(7)9/h5-9H,2-4,11H2,1H3,(H,12,13). The van der Waals surface area contributed by atoms with Gasteiger partial charge in [-0.05, 0) is 42.9 Å². The Bertz CT molecular complexity index is 245. The molecule has 0 saturated heterocycles. The lowest BCUT2D eigenvalue weighted by Crippen LogP contribution is -2.33. The van der Waals surface area contributed by atoms with Gasteiger partial charge in [-0.2, -0.15) is 0 Å². The lowest BCUT2D eigenvalue weighted by atomic mass is 10.0. The van der Waals surface area contributed by atoms with Gasteiger partial charge in [0.25, 0.3) is 0 Å². The molecular weight excluding hydrogens is 162 g/mol. The van der Waals surface area contributed by atoms with Gasteiger partial charge in [0.15, 0.2) is 0 Å². The zero-order chi connectivity index (χ0) is 9.00. The predicted octanol–water partition coefficient (Wildman–Crippen LogP) is 0.770. The van der Waals surface area contributed by atoms with Gasteiger partial charge in [-0.15, -0.1) is 0 Å². The van der Waals surface area contributed by atoms with Gasteiger partial charge < -0.3 is 5.43 Å². The van der Waals surface area contributed by atoms with E-state index in [0.29, 0.717) is 5.92 Å². The third-order valence-corrected chi connectivity index (χ3v) is 4.44. The number of amidine groups is 1. The number of rotatable bonds is 1. The zero-order valence-electron chi connectivity index (χ0n) is 8.03. The maximum absolute atomic E-state index is 5.46. The highest BCUT2D eigenvalue weighted by Crippen LogP contribution is 2.69. The molecule has 0 heterocycles. The maximum Gasteiger partial charge on any atom is 0.114 e. The van der Waals surface area contributed by atoms with E-state index < -0.39 is 0 Å². The SMILES string of the molecule is CN=C(NN)C1C2C3CCC(C3)C12. The molecule has 4 atom stereocenters. The van der Waals surface area contributed by atoms with Crippen LogP contribution in [-0.4, -0.2) is 12.9 Å². The first kappa shape index (κ1) is 7.80. The van der Waals surface area contributed by atoms with E-state index in [0.717, 1.165) is 29.5 Å². The van der Waals surface area contributed by atoms with Crippen LogP contribution in [0.2, 0.25) is 0 Å². The molecule has 0 aromatic rings. The molecular formula is C10H17N3. The number of hydrazine groups is 1. The second kappa shape index (κ2) is 2.47. The fourth-order valence-corrected chi connectivity index (χ4v) is 4.00. The Kier molecular flexibility index (Phi) is 1.48. The van der Waals surface area contributed by atoms with E-state index in [4.69, 9.17) is 5.84 Å². The lowest BCUT2D eigenvalue weighted by Gasteiger charge is -2.09. The summed E-state index contributed by atoms with van der Waals surface area (Å²) >= 11 is 0. The Morgan fingerprint density at radius 1 is 1.31 bits per heavy atom. The van der Waals surface area contributed by atoms with Gasteiger partial charge in [-0.25, -0.2) is 5.84 Å². The second-order valence-electron chi connectivity index (χ2n) is 4.77. The van der Waals surface area contributed by atoms with Crippen molar-refractivity contribution in [3.05, 3.63) is 0 Å². The number of nitrogens with one attached hydrogen (secondary N) is 1. The van der Waals surface area contributed by atoms with Gasteiger partial charge in [0, 0.05) is 13.0 Å². The van der Waals surface area contributed by atoms with Crippen molar-refractivity contribution in [2.45, 2.75) is 19.3 Å². The van der Waals surface area contributed by atoms with E-state index in [-0.39, 0.29) is 0 Å². The highest BCUT2D eigenvalue weighted by molar-refractivity contribution is 5.87. The molecule has 3 fully saturated rings. The van der Waals surface area contributed by atoms with Crippen LogP contribution in [0.1, 0.15) is 19.3 Å². The molecule has 3 heteroatoms. The average molecular weight is 179 g/mol. The third-order valence-electron chi connectivity index (χ3n) is 4.44. The summed E-state index contributed by atoms with van der Waals surface area (Å²) in [4.78, 5) is 4.23. The molecule has 13 heavy (non-hydrogen) atoms. The number of nitrogens with two attached hydrogens (primary N) is 1. The Hall–Kier alpha value is -0.570. The molecule has 3 N–H and O–H groups in total. The van der Waals surface area contributed by atoms with Gasteiger partial charge in [0.05, 0.1) is 0 Å². The summed E-state index contributed by atoms with van der Waals surface area (Å²) in [6.07, 6.45) is 4.42. The Morgan fingerprint density at radius 2 is 1.92 bits per heavy atom. The van der Waals surface area contributed by atoms with Gasteiger partial charge in [-0.3, -0.25) is 4.99 Å². The van der Waals surface area contributed by atoms with Crippen molar-refractivity contribution < 1.29 is 0 Å². The highest BCUT2D eigenvalue weighted by atomic mass is 15.3. The van der Waals surface area contributed by atoms with Crippen molar-refractivity contribution in [3.8, 4) is 0 Å². The van der Waals surface area contributed by atoms with Gasteiger partial charge in [0.2, 0.25) is 0 Å². The molecule has 3 saturated carbocycles. The van der Waals surface area contributed by atoms with E-state index in [1.165, 1.54) is 19.3 Å². The summed E-state index contributed by atoms with van der Waals surface area (Å²) in [6, 6.07) is 0. The van der Waals surface area contributed by atoms with Crippen LogP contribution in [0.15, 0.2) is 4.99 Å². The Labute approximate surface area is 78.8 Å². The molecule has 3 aliphatic rings. The Balaban J connectivity index is 1.79. The van der Waals surface area contributed by atoms with Crippen molar-refractivity contribution >= 4 is 5.84 Å². The molecule has 0 amide bonds. The molecule has 4 unspecified atom stereocenters. The van der Waals surface area contributed by atoms with Crippen molar-refractivity contribution in [3.63, 3.8) is 0 Å². The summed E-state index contributed by atoms with van der Waals surface area (Å²) in [6.45, 7) is 0. The van der Waals surface area contributed by atoms with E-state index in [9.17, 15) is 0 Å². The van der Waals surface area contributed by atoms with E-state index in [1.807, 2.05) is 7.05 Å². The maximum atomic E-state index is 5.46. The fourth-order valence-electron chi connectivity index (χ4n) is 4.00. The zero-order valence-corrected chi connectivity index (χ0v) is 8.03. The van der Waals surface area contributed by atoms with Crippen LogP contribution in [0.4, 0.5) is 0 Å². The largest absolute Gasteiger partial charge is 0.312 e. The Morgan fingerprint density at radius 3 is 2.38 bits per heavy atom. The smallest absolute Gasteiger partial charge is 0.114 e. The quantitative estimate of drug-likeness (QED) is 0.270. The van der Waals surface area contributed by atoms with Gasteiger partial charge >= 0.3 is 0 Å². The molecule has 0 aromatic heterocycles. The summed E-state index contributed by atoms with van der Waals surface area (Å²) in [7, 11) is 1.84. The minimum Gasteiger partial charge on any atom is -0.312 e. The topological polar surface area (TPSA) is 50.4 Å². The number of hydrogen-bond donors (Lipinski definition) is 2. The molecule has 72 valence electrons. The van der Waals surface area contributed by atoms with Crippen LogP contribution in [0, 0.1) is 29.6 Å². The summed E-state index contributed by atoms with van der Waals surface area (Å²) in [5, 5.41) is 0. The van der Waals surface area contributed by atoms with E-state index in [2.05, 4.69) is 10.4 Å². The van der Waals surface area contributed by atoms with E-state index >= 15 is 0 Å². The third kappa shape index (κ3) is 0.857. The molecule has 3 nitrogen and oxygen atoms in total. The fraction of sp³-hybridized carbons (Fsp3) is 0.900. The monoisotopic (exact) mass is 179 g/mol. The summed E-state index contributed by atoms with van der Waals surface area (Å²) in [5.74, 6) is 11.1. The van der Waals surface area contributed by atoms with Crippen LogP contribution < -0.4 is 11.3 Å². The molecule has 3 aliphatic carbocycles. The van der Waals surface area contributed by atoms with Crippen LogP contribution in [0.5, 0.6) is 0 Å². The highest BCUT2D eigenvalue weighted by Gasteiger charge is 2.66. The minimum atomic E-state index is 0.696. The lowest BCUT2D eigenvalue weighted by molar-refractivity contribution is 0.456. The predicted molar refractivity (Wildman–Crippen MR) is 52.0 cm³/mol. The molecule has 0 radical (unpaired) electrons. The number of hydrogen-bond acceptors (Lipinski definition) is 2. The molecule has 3 rings (SSSR count). The van der Waals surface area contributed by atoms with E-state index in [1.54, 1.807) is 0 Å². The van der Waals surface area contributed by atoms with Gasteiger partial charge in [-0.1, -0.05) is 0 Å². The van der Waals surface area contributed by atoms with Crippen LogP contribution in [0.3, 0.4) is 0 Å². The summed E-state index contributed by atoms with van der Waals surface area (Å²) in [5.41, 5.74) is 2.76. The van der Waals surface area contributed by atoms with Crippen molar-refractivity contribution in [1.82, 2.24) is 5.43 Å². The number of fused-ring (bicyclic) bond motifs is 5. The summed E-state index contributed by atoms with van der Waals surface area (Å²) < 4.78 is 0. The molecule has 0 aliphatic heterocycles. The van der Waals surface area contributed by atoms with Crippen molar-refractivity contribution in [2.75, 3.05) is 7.05 Å². The average Bonchev–Trinajstić information content (AvgIpc) is 2.59. The van der Waals surface area contributed by atoms with Gasteiger partial charge in [0.1, 0.15) is 5.84 Å². The van der Waals surface area contributed by atoms with Crippen LogP contribution >= 0.6 is 0 Å². The first-order valence-corrected chi connectivity index (χ1v) is 5.30. The molecule has 0 spiro atoms. The molecule has 0 aromatic carbocycles. The van der Waals surface area contributed by atoms with Crippen molar-refractivity contribution in [2.24, 2.45) is 40.4 Å². The normalized spacial score (nSPS) is 52.2. The minimum absolute atomic E-state index is 0.696.